The van der Waals surface area contributed by atoms with Crippen LogP contribution in [0.4, 0.5) is 11.6 Å². The number of carbonyl (C=O) groups is 1. The van der Waals surface area contributed by atoms with Crippen molar-refractivity contribution in [3.05, 3.63) is 41.6 Å². The Balaban J connectivity index is 1.48. The van der Waals surface area contributed by atoms with Gasteiger partial charge < -0.3 is 14.5 Å². The number of aromatic nitrogens is 2. The van der Waals surface area contributed by atoms with Crippen LogP contribution in [0, 0.1) is 6.92 Å². The largest absolute Gasteiger partial charge is 0.467 e. The van der Waals surface area contributed by atoms with Crippen LogP contribution < -0.4 is 20.0 Å². The number of alkyl halides is 2. The minimum Gasteiger partial charge on any atom is -0.467 e. The van der Waals surface area contributed by atoms with Crippen LogP contribution in [-0.4, -0.2) is 66.6 Å². The van der Waals surface area contributed by atoms with Crippen molar-refractivity contribution in [2.75, 3.05) is 54.3 Å². The van der Waals surface area contributed by atoms with E-state index in [0.29, 0.717) is 23.6 Å². The van der Waals surface area contributed by atoms with Crippen molar-refractivity contribution in [3.63, 3.8) is 0 Å². The van der Waals surface area contributed by atoms with Crippen molar-refractivity contribution >= 4 is 47.0 Å². The normalized spacial score (nSPS) is 13.5. The standard InChI is InChI=1S/C22H28Cl2N6O2/c1-17-14-21(27-22(26-17)30-10-2-3-11-30)32-16-20(31)28-25-15-18-4-6-19(7-5-18)29(12-8-23)13-9-24/h4-7,14-15H,2-3,8-13,16H2,1H3,(H,28,31). The van der Waals surface area contributed by atoms with E-state index in [0.717, 1.165) is 56.0 Å². The molecule has 2 aromatic rings. The maximum absolute atomic E-state index is 12.1. The number of hydrogen-bond donors (Lipinski definition) is 1. The van der Waals surface area contributed by atoms with E-state index in [4.69, 9.17) is 27.9 Å². The van der Waals surface area contributed by atoms with Gasteiger partial charge in [-0.05, 0) is 37.5 Å². The molecule has 0 aliphatic carbocycles. The van der Waals surface area contributed by atoms with E-state index < -0.39 is 0 Å². The lowest BCUT2D eigenvalue weighted by atomic mass is 10.2. The fourth-order valence-electron chi connectivity index (χ4n) is 3.35. The van der Waals surface area contributed by atoms with Crippen LogP contribution in [0.15, 0.2) is 35.4 Å². The van der Waals surface area contributed by atoms with Gasteiger partial charge in [-0.25, -0.2) is 10.4 Å². The molecule has 1 aliphatic heterocycles. The molecule has 1 amide bonds. The van der Waals surface area contributed by atoms with Crippen molar-refractivity contribution < 1.29 is 9.53 Å². The minimum absolute atomic E-state index is 0.183. The first-order valence-corrected chi connectivity index (χ1v) is 11.7. The average Bonchev–Trinajstić information content (AvgIpc) is 3.33. The van der Waals surface area contributed by atoms with Crippen LogP contribution in [-0.2, 0) is 4.79 Å². The number of nitrogens with zero attached hydrogens (tertiary/aromatic N) is 5. The maximum atomic E-state index is 12.1. The molecule has 0 atom stereocenters. The number of amides is 1. The van der Waals surface area contributed by atoms with Gasteiger partial charge in [0, 0.05) is 55.4 Å². The smallest absolute Gasteiger partial charge is 0.278 e. The van der Waals surface area contributed by atoms with E-state index in [-0.39, 0.29) is 12.5 Å². The zero-order valence-corrected chi connectivity index (χ0v) is 19.6. The van der Waals surface area contributed by atoms with E-state index in [9.17, 15) is 4.79 Å². The van der Waals surface area contributed by atoms with Gasteiger partial charge in [-0.2, -0.15) is 10.1 Å². The molecule has 0 bridgehead atoms. The van der Waals surface area contributed by atoms with Gasteiger partial charge in [0.25, 0.3) is 5.91 Å². The number of carbonyl (C=O) groups excluding carboxylic acids is 1. The molecule has 0 radical (unpaired) electrons. The van der Waals surface area contributed by atoms with Gasteiger partial charge in [-0.15, -0.1) is 23.2 Å². The van der Waals surface area contributed by atoms with Gasteiger partial charge in [0.1, 0.15) is 0 Å². The Morgan fingerprint density at radius 2 is 1.88 bits per heavy atom. The molecular formula is C22H28Cl2N6O2. The highest BCUT2D eigenvalue weighted by Crippen LogP contribution is 2.19. The molecule has 172 valence electrons. The van der Waals surface area contributed by atoms with Gasteiger partial charge in [0.15, 0.2) is 6.61 Å². The summed E-state index contributed by atoms with van der Waals surface area (Å²) in [6, 6.07) is 9.50. The summed E-state index contributed by atoms with van der Waals surface area (Å²) >= 11 is 11.7. The van der Waals surface area contributed by atoms with Crippen LogP contribution in [0.5, 0.6) is 5.88 Å². The summed E-state index contributed by atoms with van der Waals surface area (Å²) in [5.74, 6) is 1.72. The molecule has 1 fully saturated rings. The SMILES string of the molecule is Cc1cc(OCC(=O)NN=Cc2ccc(N(CCCl)CCCl)cc2)nc(N2CCCC2)n1. The summed E-state index contributed by atoms with van der Waals surface area (Å²) in [6.07, 6.45) is 3.85. The van der Waals surface area contributed by atoms with Crippen molar-refractivity contribution in [2.24, 2.45) is 5.10 Å². The molecule has 32 heavy (non-hydrogen) atoms. The molecule has 1 aromatic carbocycles. The lowest BCUT2D eigenvalue weighted by Crippen LogP contribution is -2.27. The Kier molecular flexibility index (Phi) is 9.37. The first-order valence-electron chi connectivity index (χ1n) is 10.6. The third-order valence-electron chi connectivity index (χ3n) is 4.93. The van der Waals surface area contributed by atoms with E-state index in [2.05, 4.69) is 30.3 Å². The number of nitrogens with one attached hydrogen (secondary N) is 1. The number of hydrazone groups is 1. The summed E-state index contributed by atoms with van der Waals surface area (Å²) in [4.78, 5) is 25.2. The Labute approximate surface area is 198 Å². The second-order valence-corrected chi connectivity index (χ2v) is 8.14. The van der Waals surface area contributed by atoms with Crippen LogP contribution in [0.1, 0.15) is 24.1 Å². The van der Waals surface area contributed by atoms with Gasteiger partial charge >= 0.3 is 0 Å². The second kappa shape index (κ2) is 12.5. The molecule has 2 heterocycles. The first-order chi connectivity index (χ1) is 15.6. The summed E-state index contributed by atoms with van der Waals surface area (Å²) < 4.78 is 5.55. The fraction of sp³-hybridized carbons (Fsp3) is 0.455. The zero-order chi connectivity index (χ0) is 22.8. The van der Waals surface area contributed by atoms with E-state index in [1.807, 2.05) is 31.2 Å². The average molecular weight is 479 g/mol. The molecule has 0 unspecified atom stereocenters. The lowest BCUT2D eigenvalue weighted by Gasteiger charge is -2.22. The Morgan fingerprint density at radius 1 is 1.19 bits per heavy atom. The molecule has 1 aromatic heterocycles. The van der Waals surface area contributed by atoms with Gasteiger partial charge in [0.2, 0.25) is 11.8 Å². The molecule has 0 saturated carbocycles. The van der Waals surface area contributed by atoms with Crippen LogP contribution in [0.25, 0.3) is 0 Å². The predicted octanol–water partition coefficient (Wildman–Crippen LogP) is 3.20. The van der Waals surface area contributed by atoms with E-state index in [1.165, 1.54) is 0 Å². The number of anilines is 2. The molecule has 10 heteroatoms. The molecule has 1 N–H and O–H groups in total. The number of aryl methyl sites for hydroxylation is 1. The second-order valence-electron chi connectivity index (χ2n) is 7.38. The molecular weight excluding hydrogens is 451 g/mol. The minimum atomic E-state index is -0.368. The maximum Gasteiger partial charge on any atom is 0.278 e. The van der Waals surface area contributed by atoms with Crippen LogP contribution in [0.2, 0.25) is 0 Å². The number of hydrogen-bond acceptors (Lipinski definition) is 7. The summed E-state index contributed by atoms with van der Waals surface area (Å²) in [6.45, 7) is 5.03. The number of ether oxygens (including phenoxy) is 1. The van der Waals surface area contributed by atoms with E-state index >= 15 is 0 Å². The lowest BCUT2D eigenvalue weighted by molar-refractivity contribution is -0.123. The quantitative estimate of drug-likeness (QED) is 0.303. The molecule has 8 nitrogen and oxygen atoms in total. The number of benzene rings is 1. The summed E-state index contributed by atoms with van der Waals surface area (Å²) in [5, 5.41) is 4.00. The molecule has 1 aliphatic rings. The van der Waals surface area contributed by atoms with Crippen LogP contribution in [0.3, 0.4) is 0 Å². The highest BCUT2D eigenvalue weighted by Gasteiger charge is 2.16. The molecule has 0 spiro atoms. The number of rotatable bonds is 11. The van der Waals surface area contributed by atoms with Crippen molar-refractivity contribution in [2.45, 2.75) is 19.8 Å². The third-order valence-corrected chi connectivity index (χ3v) is 5.27. The summed E-state index contributed by atoms with van der Waals surface area (Å²) in [5.41, 5.74) is 5.16. The molecule has 3 rings (SSSR count). The summed E-state index contributed by atoms with van der Waals surface area (Å²) in [7, 11) is 0. The predicted molar refractivity (Wildman–Crippen MR) is 130 cm³/mol. The first kappa shape index (κ1) is 24.1. The highest BCUT2D eigenvalue weighted by atomic mass is 35.5. The van der Waals surface area contributed by atoms with Crippen molar-refractivity contribution in [3.8, 4) is 5.88 Å². The highest BCUT2D eigenvalue weighted by molar-refractivity contribution is 6.18. The topological polar surface area (TPSA) is 82.9 Å². The monoisotopic (exact) mass is 478 g/mol. The third kappa shape index (κ3) is 7.24. The Morgan fingerprint density at radius 3 is 2.53 bits per heavy atom. The van der Waals surface area contributed by atoms with E-state index in [1.54, 1.807) is 12.3 Å². The van der Waals surface area contributed by atoms with Crippen molar-refractivity contribution in [1.29, 1.82) is 0 Å². The van der Waals surface area contributed by atoms with Gasteiger partial charge in [-0.1, -0.05) is 12.1 Å². The molecule has 1 saturated heterocycles. The van der Waals surface area contributed by atoms with Crippen molar-refractivity contribution in [1.82, 2.24) is 15.4 Å². The van der Waals surface area contributed by atoms with Gasteiger partial charge in [0.05, 0.1) is 6.21 Å². The zero-order valence-electron chi connectivity index (χ0n) is 18.1. The number of halogens is 2. The Hall–Kier alpha value is -2.58. The van der Waals surface area contributed by atoms with Crippen LogP contribution >= 0.6 is 23.2 Å². The Bertz CT molecular complexity index is 898. The fourth-order valence-corrected chi connectivity index (χ4v) is 3.76. The van der Waals surface area contributed by atoms with Gasteiger partial charge in [-0.3, -0.25) is 4.79 Å².